The van der Waals surface area contributed by atoms with E-state index in [0.717, 1.165) is 37.8 Å². The molecule has 0 amide bonds. The topological polar surface area (TPSA) is 47.6 Å². The third-order valence-electron chi connectivity index (χ3n) is 5.28. The molecule has 4 nitrogen and oxygen atoms in total. The van der Waals surface area contributed by atoms with E-state index in [1.807, 2.05) is 0 Å². The summed E-state index contributed by atoms with van der Waals surface area (Å²) in [7, 11) is 0. The van der Waals surface area contributed by atoms with Gasteiger partial charge in [0.25, 0.3) is 0 Å². The van der Waals surface area contributed by atoms with Crippen LogP contribution in [0.2, 0.25) is 0 Å². The number of carbonyl (C=O) groups is 1. The molecular formula is C20H26FNO3. The van der Waals surface area contributed by atoms with Crippen LogP contribution in [0, 0.1) is 11.7 Å². The van der Waals surface area contributed by atoms with Crippen LogP contribution in [0.5, 0.6) is 5.75 Å². The van der Waals surface area contributed by atoms with Crippen LogP contribution in [0.1, 0.15) is 68.3 Å². The highest BCUT2D eigenvalue weighted by atomic mass is 19.1. The molecule has 2 bridgehead atoms. The number of ether oxygens (including phenoxy) is 2. The van der Waals surface area contributed by atoms with E-state index in [1.54, 1.807) is 26.8 Å². The fourth-order valence-electron chi connectivity index (χ4n) is 3.97. The largest absolute Gasteiger partial charge is 0.488 e. The summed E-state index contributed by atoms with van der Waals surface area (Å²) in [4.78, 5) is 12.3. The van der Waals surface area contributed by atoms with E-state index in [2.05, 4.69) is 5.32 Å². The molecule has 1 saturated heterocycles. The first-order valence-electron chi connectivity index (χ1n) is 9.27. The number of nitrogens with one attached hydrogen (secondary N) is 1. The van der Waals surface area contributed by atoms with Crippen molar-refractivity contribution >= 4 is 5.97 Å². The maximum absolute atomic E-state index is 14.6. The first-order chi connectivity index (χ1) is 11.8. The van der Waals surface area contributed by atoms with Crippen LogP contribution >= 0.6 is 0 Å². The lowest BCUT2D eigenvalue weighted by molar-refractivity contribution is 0.00645. The molecule has 2 saturated carbocycles. The summed E-state index contributed by atoms with van der Waals surface area (Å²) >= 11 is 0. The van der Waals surface area contributed by atoms with E-state index in [9.17, 15) is 9.18 Å². The van der Waals surface area contributed by atoms with Crippen molar-refractivity contribution in [1.82, 2.24) is 5.32 Å². The zero-order valence-electron chi connectivity index (χ0n) is 15.1. The van der Waals surface area contributed by atoms with E-state index >= 15 is 0 Å². The number of esters is 1. The zero-order chi connectivity index (χ0) is 17.8. The quantitative estimate of drug-likeness (QED) is 0.842. The Morgan fingerprint density at radius 3 is 2.56 bits per heavy atom. The van der Waals surface area contributed by atoms with Crippen molar-refractivity contribution in [2.45, 2.75) is 70.1 Å². The predicted octanol–water partition coefficient (Wildman–Crippen LogP) is 3.79. The second-order valence-electron chi connectivity index (χ2n) is 8.65. The number of hydrogen-bond donors (Lipinski definition) is 1. The number of piperidine rings is 1. The van der Waals surface area contributed by atoms with Gasteiger partial charge in [0.1, 0.15) is 23.3 Å². The second kappa shape index (κ2) is 5.97. The van der Waals surface area contributed by atoms with E-state index in [0.29, 0.717) is 23.6 Å². The van der Waals surface area contributed by atoms with Gasteiger partial charge in [-0.15, -0.1) is 0 Å². The molecule has 136 valence electrons. The average Bonchev–Trinajstić information content (AvgIpc) is 3.13. The van der Waals surface area contributed by atoms with Gasteiger partial charge >= 0.3 is 5.97 Å². The van der Waals surface area contributed by atoms with Crippen LogP contribution in [0.4, 0.5) is 4.39 Å². The number of rotatable bonds is 4. The van der Waals surface area contributed by atoms with Gasteiger partial charge in [0.2, 0.25) is 0 Å². The summed E-state index contributed by atoms with van der Waals surface area (Å²) in [5, 5.41) is 3.47. The highest BCUT2D eigenvalue weighted by Crippen LogP contribution is 2.46. The summed E-state index contributed by atoms with van der Waals surface area (Å²) < 4.78 is 26.2. The maximum atomic E-state index is 14.6. The highest BCUT2D eigenvalue weighted by Gasteiger charge is 2.41. The molecule has 0 radical (unpaired) electrons. The Morgan fingerprint density at radius 1 is 1.24 bits per heavy atom. The fraction of sp³-hybridized carbons (Fsp3) is 0.650. The number of benzene rings is 1. The molecule has 3 aliphatic rings. The molecule has 5 heteroatoms. The van der Waals surface area contributed by atoms with Gasteiger partial charge in [-0.1, -0.05) is 0 Å². The molecular weight excluding hydrogens is 321 g/mol. The van der Waals surface area contributed by atoms with Gasteiger partial charge in [-0.3, -0.25) is 0 Å². The molecule has 4 rings (SSSR count). The molecule has 0 aromatic heterocycles. The van der Waals surface area contributed by atoms with Crippen molar-refractivity contribution in [2.75, 3.05) is 6.54 Å². The van der Waals surface area contributed by atoms with Crippen LogP contribution in [-0.4, -0.2) is 30.3 Å². The molecule has 0 spiro atoms. The van der Waals surface area contributed by atoms with E-state index in [-0.39, 0.29) is 11.7 Å². The zero-order valence-corrected chi connectivity index (χ0v) is 15.1. The minimum atomic E-state index is -0.646. The standard InChI is InChI=1S/C20H26FNO3/c1-20(2,3)25-19(23)14-8-13(12-4-5-12)17(9-15(14)21)24-18-7-11-6-16(18)22-10-11/h8-9,11-12,16,18,22H,4-7,10H2,1-3H3/t11-,16+,18-/m1/s1. The first-order valence-corrected chi connectivity index (χ1v) is 9.27. The maximum Gasteiger partial charge on any atom is 0.341 e. The monoisotopic (exact) mass is 347 g/mol. The molecule has 25 heavy (non-hydrogen) atoms. The minimum Gasteiger partial charge on any atom is -0.488 e. The van der Waals surface area contributed by atoms with Gasteiger partial charge in [-0.2, -0.15) is 0 Å². The Kier molecular flexibility index (Phi) is 4.02. The lowest BCUT2D eigenvalue weighted by atomic mass is 10.0. The molecule has 3 fully saturated rings. The highest BCUT2D eigenvalue weighted by molar-refractivity contribution is 5.90. The van der Waals surface area contributed by atoms with Crippen molar-refractivity contribution in [3.05, 3.63) is 29.1 Å². The lowest BCUT2D eigenvalue weighted by Gasteiger charge is -2.26. The molecule has 3 atom stereocenters. The van der Waals surface area contributed by atoms with Crippen LogP contribution in [-0.2, 0) is 4.74 Å². The van der Waals surface area contributed by atoms with E-state index < -0.39 is 17.4 Å². The number of hydrogen-bond acceptors (Lipinski definition) is 4. The third kappa shape index (κ3) is 3.52. The molecule has 0 unspecified atom stereocenters. The van der Waals surface area contributed by atoms with Gasteiger partial charge in [0, 0.05) is 12.1 Å². The number of fused-ring (bicyclic) bond motifs is 2. The van der Waals surface area contributed by atoms with Gasteiger partial charge in [-0.05, 0) is 76.5 Å². The number of carbonyl (C=O) groups excluding carboxylic acids is 1. The summed E-state index contributed by atoms with van der Waals surface area (Å²) in [5.74, 6) is 0.463. The predicted molar refractivity (Wildman–Crippen MR) is 92.5 cm³/mol. The van der Waals surface area contributed by atoms with Crippen LogP contribution in [0.3, 0.4) is 0 Å². The summed E-state index contributed by atoms with van der Waals surface area (Å²) in [6.45, 7) is 6.41. The molecule has 1 aromatic carbocycles. The smallest absolute Gasteiger partial charge is 0.341 e. The van der Waals surface area contributed by atoms with Crippen molar-refractivity contribution < 1.29 is 18.7 Å². The Labute approximate surface area is 148 Å². The lowest BCUT2D eigenvalue weighted by Crippen LogP contribution is -2.40. The van der Waals surface area contributed by atoms with Crippen molar-refractivity contribution in [2.24, 2.45) is 5.92 Å². The van der Waals surface area contributed by atoms with Gasteiger partial charge in [0.05, 0.1) is 5.56 Å². The Bertz CT molecular complexity index is 693. The van der Waals surface area contributed by atoms with Gasteiger partial charge < -0.3 is 14.8 Å². The Hall–Kier alpha value is -1.62. The third-order valence-corrected chi connectivity index (χ3v) is 5.28. The van der Waals surface area contributed by atoms with Crippen LogP contribution < -0.4 is 10.1 Å². The molecule has 1 aromatic rings. The second-order valence-corrected chi connectivity index (χ2v) is 8.65. The first kappa shape index (κ1) is 16.8. The normalized spacial score (nSPS) is 28.2. The van der Waals surface area contributed by atoms with E-state index in [4.69, 9.17) is 9.47 Å². The summed E-state index contributed by atoms with van der Waals surface area (Å²) in [5.41, 5.74) is 0.313. The number of halogens is 1. The van der Waals surface area contributed by atoms with Crippen LogP contribution in [0.25, 0.3) is 0 Å². The van der Waals surface area contributed by atoms with Crippen molar-refractivity contribution in [1.29, 1.82) is 0 Å². The molecule has 1 N–H and O–H groups in total. The molecule has 2 aliphatic carbocycles. The average molecular weight is 347 g/mol. The molecule has 1 aliphatic heterocycles. The van der Waals surface area contributed by atoms with Gasteiger partial charge in [-0.25, -0.2) is 9.18 Å². The molecule has 1 heterocycles. The SMILES string of the molecule is CC(C)(C)OC(=O)c1cc(C2CC2)c(O[C@@H]2C[C@@H]3CN[C@H]2C3)cc1F. The fourth-order valence-corrected chi connectivity index (χ4v) is 3.97. The van der Waals surface area contributed by atoms with Crippen molar-refractivity contribution in [3.63, 3.8) is 0 Å². The summed E-state index contributed by atoms with van der Waals surface area (Å²) in [6, 6.07) is 3.40. The Balaban J connectivity index is 1.59. The van der Waals surface area contributed by atoms with Crippen LogP contribution in [0.15, 0.2) is 12.1 Å². The Morgan fingerprint density at radius 2 is 2.00 bits per heavy atom. The minimum absolute atomic E-state index is 0.00948. The van der Waals surface area contributed by atoms with Crippen molar-refractivity contribution in [3.8, 4) is 5.75 Å². The van der Waals surface area contributed by atoms with Gasteiger partial charge in [0.15, 0.2) is 0 Å². The summed E-state index contributed by atoms with van der Waals surface area (Å²) in [6.07, 6.45) is 4.39. The van der Waals surface area contributed by atoms with E-state index in [1.165, 1.54) is 6.07 Å².